The Morgan fingerprint density at radius 1 is 0.741 bits per heavy atom. The van der Waals surface area contributed by atoms with Gasteiger partial charge in [-0.3, -0.25) is 0 Å². The van der Waals surface area contributed by atoms with Gasteiger partial charge in [0.1, 0.15) is 23.0 Å². The van der Waals surface area contributed by atoms with Crippen molar-refractivity contribution >= 4 is 22.9 Å². The zero-order valence-electron chi connectivity index (χ0n) is 15.2. The molecule has 0 spiro atoms. The molecule has 27 heavy (non-hydrogen) atoms. The Bertz CT molecular complexity index is 888. The Morgan fingerprint density at radius 2 is 1.26 bits per heavy atom. The molecule has 0 bridgehead atoms. The third kappa shape index (κ3) is 3.76. The number of methoxy groups -OCH3 is 2. The topological polar surface area (TPSA) is 27.7 Å². The molecule has 0 saturated carbocycles. The van der Waals surface area contributed by atoms with E-state index in [0.29, 0.717) is 0 Å². The van der Waals surface area contributed by atoms with Crippen LogP contribution in [-0.4, -0.2) is 14.2 Å². The average molecular weight is 376 g/mol. The van der Waals surface area contributed by atoms with Crippen LogP contribution in [0.2, 0.25) is 0 Å². The van der Waals surface area contributed by atoms with Gasteiger partial charge in [0.2, 0.25) is 0 Å². The second-order valence-electron chi connectivity index (χ2n) is 6.16. The molecular formula is C23H20O3S. The highest BCUT2D eigenvalue weighted by Gasteiger charge is 2.20. The number of hydrogen-bond donors (Lipinski definition) is 0. The van der Waals surface area contributed by atoms with Crippen LogP contribution in [0.1, 0.15) is 21.9 Å². The van der Waals surface area contributed by atoms with Crippen LogP contribution in [0.4, 0.5) is 0 Å². The minimum absolute atomic E-state index is 0.174. The molecule has 1 aromatic heterocycles. The van der Waals surface area contributed by atoms with Crippen molar-refractivity contribution in [2.24, 2.45) is 0 Å². The minimum atomic E-state index is 0.174. The van der Waals surface area contributed by atoms with E-state index in [4.69, 9.17) is 14.2 Å². The summed E-state index contributed by atoms with van der Waals surface area (Å²) in [5.41, 5.74) is 2.05. The first-order valence-corrected chi connectivity index (χ1v) is 9.58. The van der Waals surface area contributed by atoms with Gasteiger partial charge in [0.05, 0.1) is 14.2 Å². The fraction of sp³-hybridized carbons (Fsp3) is 0.130. The fourth-order valence-electron chi connectivity index (χ4n) is 3.03. The third-order valence-corrected chi connectivity index (χ3v) is 5.48. The Labute approximate surface area is 163 Å². The van der Waals surface area contributed by atoms with E-state index in [1.807, 2.05) is 48.5 Å². The summed E-state index contributed by atoms with van der Waals surface area (Å²) in [6.07, 6.45) is 4.33. The van der Waals surface area contributed by atoms with Gasteiger partial charge in [-0.2, -0.15) is 0 Å². The van der Waals surface area contributed by atoms with Crippen LogP contribution in [0.3, 0.4) is 0 Å². The Morgan fingerprint density at radius 3 is 1.67 bits per heavy atom. The van der Waals surface area contributed by atoms with Crippen LogP contribution < -0.4 is 9.47 Å². The first-order valence-electron chi connectivity index (χ1n) is 8.70. The minimum Gasteiger partial charge on any atom is -0.497 e. The summed E-state index contributed by atoms with van der Waals surface area (Å²) in [5.74, 6) is 3.54. The van der Waals surface area contributed by atoms with E-state index in [9.17, 15) is 0 Å². The Kier molecular flexibility index (Phi) is 4.99. The van der Waals surface area contributed by atoms with Crippen molar-refractivity contribution < 1.29 is 14.2 Å². The standard InChI is InChI=1S/C23H20O3S/c1-24-19-9-5-16(6-10-19)21-14-18(23-4-3-13-27-23)15-22(26-21)17-7-11-20(25-2)12-8-17/h3-15,18H,1-2H3. The first-order chi connectivity index (χ1) is 13.3. The molecule has 3 aromatic rings. The highest BCUT2D eigenvalue weighted by atomic mass is 32.1. The van der Waals surface area contributed by atoms with Crippen LogP contribution in [0.25, 0.3) is 11.5 Å². The summed E-state index contributed by atoms with van der Waals surface area (Å²) in [5, 5.41) is 2.10. The number of benzene rings is 2. The van der Waals surface area contributed by atoms with E-state index in [0.717, 1.165) is 34.1 Å². The van der Waals surface area contributed by atoms with Crippen molar-refractivity contribution in [2.45, 2.75) is 5.92 Å². The quantitative estimate of drug-likeness (QED) is 0.550. The lowest BCUT2D eigenvalue weighted by Gasteiger charge is -2.22. The SMILES string of the molecule is COc1ccc(C2=CC(c3cccs3)C=C(c3ccc(OC)cc3)O2)cc1. The lowest BCUT2D eigenvalue weighted by Crippen LogP contribution is -2.04. The van der Waals surface area contributed by atoms with Gasteiger partial charge >= 0.3 is 0 Å². The van der Waals surface area contributed by atoms with Gasteiger partial charge < -0.3 is 14.2 Å². The van der Waals surface area contributed by atoms with Gasteiger partial charge in [-0.15, -0.1) is 11.3 Å². The van der Waals surface area contributed by atoms with Crippen molar-refractivity contribution in [3.8, 4) is 11.5 Å². The van der Waals surface area contributed by atoms with Crippen molar-refractivity contribution in [3.63, 3.8) is 0 Å². The van der Waals surface area contributed by atoms with Gasteiger partial charge in [-0.25, -0.2) is 0 Å². The molecule has 0 radical (unpaired) electrons. The maximum atomic E-state index is 6.28. The molecule has 4 heteroatoms. The van der Waals surface area contributed by atoms with Crippen LogP contribution in [0.5, 0.6) is 11.5 Å². The van der Waals surface area contributed by atoms with Gasteiger partial charge in [0.25, 0.3) is 0 Å². The average Bonchev–Trinajstić information content (AvgIpc) is 3.28. The van der Waals surface area contributed by atoms with E-state index >= 15 is 0 Å². The second-order valence-corrected chi connectivity index (χ2v) is 7.14. The fourth-order valence-corrected chi connectivity index (χ4v) is 3.79. The maximum absolute atomic E-state index is 6.28. The molecule has 0 atom stereocenters. The van der Waals surface area contributed by atoms with E-state index in [1.165, 1.54) is 4.88 Å². The van der Waals surface area contributed by atoms with Gasteiger partial charge in [-0.1, -0.05) is 6.07 Å². The summed E-state index contributed by atoms with van der Waals surface area (Å²) in [6, 6.07) is 20.1. The first kappa shape index (κ1) is 17.4. The van der Waals surface area contributed by atoms with Crippen LogP contribution in [-0.2, 0) is 4.74 Å². The van der Waals surface area contributed by atoms with Crippen molar-refractivity contribution in [2.75, 3.05) is 14.2 Å². The van der Waals surface area contributed by atoms with E-state index < -0.39 is 0 Å². The maximum Gasteiger partial charge on any atom is 0.131 e. The van der Waals surface area contributed by atoms with Gasteiger partial charge in [-0.05, 0) is 72.1 Å². The van der Waals surface area contributed by atoms with Crippen molar-refractivity contribution in [1.82, 2.24) is 0 Å². The molecule has 3 nitrogen and oxygen atoms in total. The number of hydrogen-bond acceptors (Lipinski definition) is 4. The molecule has 4 rings (SSSR count). The second kappa shape index (κ2) is 7.72. The number of thiophene rings is 1. The molecule has 2 heterocycles. The summed E-state index contributed by atoms with van der Waals surface area (Å²) in [7, 11) is 3.34. The lowest BCUT2D eigenvalue weighted by molar-refractivity contribution is 0.414. The summed E-state index contributed by atoms with van der Waals surface area (Å²) in [4.78, 5) is 1.29. The molecule has 0 unspecified atom stereocenters. The molecule has 0 N–H and O–H groups in total. The molecule has 0 aliphatic carbocycles. The molecule has 0 amide bonds. The number of rotatable bonds is 5. The summed E-state index contributed by atoms with van der Waals surface area (Å²) in [6.45, 7) is 0. The molecule has 2 aromatic carbocycles. The monoisotopic (exact) mass is 376 g/mol. The van der Waals surface area contributed by atoms with Crippen LogP contribution in [0, 0.1) is 0 Å². The molecule has 1 aliphatic heterocycles. The van der Waals surface area contributed by atoms with Crippen LogP contribution in [0.15, 0.2) is 78.2 Å². The van der Waals surface area contributed by atoms with Crippen LogP contribution >= 0.6 is 11.3 Å². The Balaban J connectivity index is 1.71. The molecule has 0 saturated heterocycles. The molecule has 0 fully saturated rings. The lowest BCUT2D eigenvalue weighted by atomic mass is 9.98. The zero-order chi connectivity index (χ0) is 18.6. The van der Waals surface area contributed by atoms with E-state index in [2.05, 4.69) is 29.7 Å². The highest BCUT2D eigenvalue weighted by Crippen LogP contribution is 2.38. The molecule has 136 valence electrons. The third-order valence-electron chi connectivity index (χ3n) is 4.50. The number of ether oxygens (including phenoxy) is 3. The van der Waals surface area contributed by atoms with Gasteiger partial charge in [0, 0.05) is 21.9 Å². The largest absolute Gasteiger partial charge is 0.497 e. The van der Waals surface area contributed by atoms with Crippen molar-refractivity contribution in [1.29, 1.82) is 0 Å². The summed E-state index contributed by atoms with van der Waals surface area (Å²) < 4.78 is 16.8. The van der Waals surface area contributed by atoms with Gasteiger partial charge in [0.15, 0.2) is 0 Å². The predicted octanol–water partition coefficient (Wildman–Crippen LogP) is 5.96. The number of allylic oxidation sites excluding steroid dienone is 2. The van der Waals surface area contributed by atoms with E-state index in [-0.39, 0.29) is 5.92 Å². The Hall–Kier alpha value is -2.98. The highest BCUT2D eigenvalue weighted by molar-refractivity contribution is 7.10. The normalized spacial score (nSPS) is 14.1. The predicted molar refractivity (Wildman–Crippen MR) is 110 cm³/mol. The van der Waals surface area contributed by atoms with E-state index in [1.54, 1.807) is 25.6 Å². The zero-order valence-corrected chi connectivity index (χ0v) is 16.0. The molecule has 1 aliphatic rings. The smallest absolute Gasteiger partial charge is 0.131 e. The molecular weight excluding hydrogens is 356 g/mol. The summed E-state index contributed by atoms with van der Waals surface area (Å²) >= 11 is 1.75. The van der Waals surface area contributed by atoms with Crippen molar-refractivity contribution in [3.05, 3.63) is 94.2 Å².